The fourth-order valence-electron chi connectivity index (χ4n) is 2.57. The molecule has 1 atom stereocenters. The summed E-state index contributed by atoms with van der Waals surface area (Å²) in [5, 5.41) is 0. The Morgan fingerprint density at radius 3 is 2.69 bits per heavy atom. The van der Waals surface area contributed by atoms with E-state index in [0.29, 0.717) is 24.5 Å². The zero-order valence-electron chi connectivity index (χ0n) is 9.52. The third-order valence-corrected chi connectivity index (χ3v) is 5.27. The Balaban J connectivity index is 1.88. The molecule has 1 heterocycles. The van der Waals surface area contributed by atoms with Crippen molar-refractivity contribution in [3.63, 3.8) is 0 Å². The number of Topliss-reactive ketones (excluding diaryl/α,β-unsaturated/α-hetero) is 1. The second kappa shape index (κ2) is 4.84. The molecule has 0 amide bonds. The van der Waals surface area contributed by atoms with Gasteiger partial charge in [0.25, 0.3) is 0 Å². The van der Waals surface area contributed by atoms with Gasteiger partial charge in [-0.2, -0.15) is 0 Å². The number of hydrogen-bond donors (Lipinski definition) is 0. The average Bonchev–Trinajstić information content (AvgIpc) is 2.52. The molecule has 0 bridgehead atoms. The van der Waals surface area contributed by atoms with Crippen LogP contribution in [0.3, 0.4) is 0 Å². The first kappa shape index (κ1) is 12.0. The van der Waals surface area contributed by atoms with Crippen LogP contribution in [-0.4, -0.2) is 50.2 Å². The van der Waals surface area contributed by atoms with Crippen LogP contribution in [0, 0.1) is 5.92 Å². The van der Waals surface area contributed by atoms with E-state index >= 15 is 0 Å². The monoisotopic (exact) mass is 245 g/mol. The smallest absolute Gasteiger partial charge is 0.151 e. The summed E-state index contributed by atoms with van der Waals surface area (Å²) in [6.45, 7) is 2.20. The van der Waals surface area contributed by atoms with Crippen molar-refractivity contribution in [2.45, 2.75) is 25.7 Å². The Bertz CT molecular complexity index is 363. The van der Waals surface area contributed by atoms with Crippen molar-refractivity contribution in [2.75, 3.05) is 31.1 Å². The van der Waals surface area contributed by atoms with Crippen LogP contribution < -0.4 is 0 Å². The molecule has 0 N–H and O–H groups in total. The van der Waals surface area contributed by atoms with Crippen molar-refractivity contribution >= 4 is 15.6 Å². The second-order valence-corrected chi connectivity index (χ2v) is 7.17. The summed E-state index contributed by atoms with van der Waals surface area (Å²) in [7, 11) is -2.83. The quantitative estimate of drug-likeness (QED) is 0.710. The van der Waals surface area contributed by atoms with Gasteiger partial charge in [0, 0.05) is 25.4 Å². The molecule has 0 aromatic rings. The Morgan fingerprint density at radius 1 is 1.19 bits per heavy atom. The van der Waals surface area contributed by atoms with Crippen LogP contribution in [0.4, 0.5) is 0 Å². The summed E-state index contributed by atoms with van der Waals surface area (Å²) in [4.78, 5) is 13.7. The van der Waals surface area contributed by atoms with Gasteiger partial charge in [0.2, 0.25) is 0 Å². The van der Waals surface area contributed by atoms with Crippen molar-refractivity contribution in [3.8, 4) is 0 Å². The zero-order valence-corrected chi connectivity index (χ0v) is 10.3. The second-order valence-electron chi connectivity index (χ2n) is 4.86. The van der Waals surface area contributed by atoms with Gasteiger partial charge in [0.1, 0.15) is 5.78 Å². The topological polar surface area (TPSA) is 54.5 Å². The van der Waals surface area contributed by atoms with Gasteiger partial charge in [-0.05, 0) is 25.8 Å². The molecule has 0 aromatic carbocycles. The summed E-state index contributed by atoms with van der Waals surface area (Å²) in [6.07, 6.45) is 3.43. The van der Waals surface area contributed by atoms with Gasteiger partial charge < -0.3 is 4.90 Å². The Morgan fingerprint density at radius 2 is 2.00 bits per heavy atom. The predicted octanol–water partition coefficient (Wildman–Crippen LogP) is 0.476. The highest BCUT2D eigenvalue weighted by molar-refractivity contribution is 7.91. The number of ketones is 1. The molecule has 1 saturated heterocycles. The van der Waals surface area contributed by atoms with Gasteiger partial charge >= 0.3 is 0 Å². The van der Waals surface area contributed by atoms with Gasteiger partial charge in [0.05, 0.1) is 11.5 Å². The highest BCUT2D eigenvalue weighted by Gasteiger charge is 2.28. The lowest BCUT2D eigenvalue weighted by atomic mass is 10.1. The summed E-state index contributed by atoms with van der Waals surface area (Å²) in [6, 6.07) is 0. The van der Waals surface area contributed by atoms with E-state index in [1.54, 1.807) is 0 Å². The molecule has 1 aliphatic heterocycles. The molecule has 1 saturated carbocycles. The average molecular weight is 245 g/mol. The van der Waals surface area contributed by atoms with E-state index in [2.05, 4.69) is 4.90 Å². The van der Waals surface area contributed by atoms with Crippen LogP contribution in [0.15, 0.2) is 0 Å². The lowest BCUT2D eigenvalue weighted by Gasteiger charge is -2.22. The molecule has 0 aromatic heterocycles. The van der Waals surface area contributed by atoms with Crippen LogP contribution in [0.25, 0.3) is 0 Å². The Hall–Kier alpha value is -0.420. The van der Waals surface area contributed by atoms with E-state index in [4.69, 9.17) is 0 Å². The van der Waals surface area contributed by atoms with Crippen molar-refractivity contribution in [1.29, 1.82) is 0 Å². The van der Waals surface area contributed by atoms with Gasteiger partial charge in [0.15, 0.2) is 9.84 Å². The number of carbonyl (C=O) groups is 1. The first-order valence-corrected chi connectivity index (χ1v) is 7.84. The maximum absolute atomic E-state index is 11.5. The van der Waals surface area contributed by atoms with Crippen molar-refractivity contribution in [1.82, 2.24) is 4.90 Å². The van der Waals surface area contributed by atoms with Crippen LogP contribution in [0.1, 0.15) is 25.7 Å². The summed E-state index contributed by atoms with van der Waals surface area (Å²) in [5.41, 5.74) is 0. The standard InChI is InChI=1S/C11H19NO3S/c13-11-4-1-3-10(11)9-12-5-2-7-16(14,15)8-6-12/h10H,1-9H2. The molecule has 16 heavy (non-hydrogen) atoms. The fourth-order valence-corrected chi connectivity index (χ4v) is 3.87. The van der Waals surface area contributed by atoms with Gasteiger partial charge in [-0.25, -0.2) is 8.42 Å². The third-order valence-electron chi connectivity index (χ3n) is 3.56. The third kappa shape index (κ3) is 3.04. The van der Waals surface area contributed by atoms with Crippen LogP contribution in [0.2, 0.25) is 0 Å². The van der Waals surface area contributed by atoms with Crippen molar-refractivity contribution in [3.05, 3.63) is 0 Å². The van der Waals surface area contributed by atoms with Gasteiger partial charge in [-0.1, -0.05) is 0 Å². The maximum atomic E-state index is 11.5. The number of hydrogen-bond acceptors (Lipinski definition) is 4. The lowest BCUT2D eigenvalue weighted by molar-refractivity contribution is -0.121. The minimum atomic E-state index is -2.83. The molecule has 1 aliphatic carbocycles. The van der Waals surface area contributed by atoms with Crippen LogP contribution in [-0.2, 0) is 14.6 Å². The molecule has 5 heteroatoms. The fraction of sp³-hybridized carbons (Fsp3) is 0.909. The molecule has 2 aliphatic rings. The summed E-state index contributed by atoms with van der Waals surface area (Å²) < 4.78 is 22.8. The van der Waals surface area contributed by atoms with E-state index in [1.807, 2.05) is 0 Å². The minimum Gasteiger partial charge on any atom is -0.302 e. The number of nitrogens with zero attached hydrogens (tertiary/aromatic N) is 1. The van der Waals surface area contributed by atoms with Crippen molar-refractivity contribution in [2.24, 2.45) is 5.92 Å². The highest BCUT2D eigenvalue weighted by Crippen LogP contribution is 2.22. The van der Waals surface area contributed by atoms with Crippen LogP contribution in [0.5, 0.6) is 0 Å². The molecule has 2 fully saturated rings. The Kier molecular flexibility index (Phi) is 3.64. The zero-order chi connectivity index (χ0) is 11.6. The molecule has 1 unspecified atom stereocenters. The SMILES string of the molecule is O=C1CCCC1CN1CCCS(=O)(=O)CC1. The van der Waals surface area contributed by atoms with Gasteiger partial charge in [-0.3, -0.25) is 4.79 Å². The van der Waals surface area contributed by atoms with Crippen molar-refractivity contribution < 1.29 is 13.2 Å². The minimum absolute atomic E-state index is 0.167. The molecule has 4 nitrogen and oxygen atoms in total. The number of rotatable bonds is 2. The maximum Gasteiger partial charge on any atom is 0.151 e. The first-order valence-electron chi connectivity index (χ1n) is 6.02. The predicted molar refractivity (Wildman–Crippen MR) is 62.1 cm³/mol. The molecule has 2 rings (SSSR count). The van der Waals surface area contributed by atoms with E-state index < -0.39 is 9.84 Å². The summed E-state index contributed by atoms with van der Waals surface area (Å²) >= 11 is 0. The van der Waals surface area contributed by atoms with E-state index in [1.165, 1.54) is 0 Å². The van der Waals surface area contributed by atoms with E-state index in [0.717, 1.165) is 32.4 Å². The molecular weight excluding hydrogens is 226 g/mol. The molecular formula is C11H19NO3S. The molecule has 0 radical (unpaired) electrons. The largest absolute Gasteiger partial charge is 0.302 e. The number of carbonyl (C=O) groups excluding carboxylic acids is 1. The molecule has 92 valence electrons. The highest BCUT2D eigenvalue weighted by atomic mass is 32.2. The van der Waals surface area contributed by atoms with Gasteiger partial charge in [-0.15, -0.1) is 0 Å². The number of sulfone groups is 1. The summed E-state index contributed by atoms with van der Waals surface area (Å²) in [5.74, 6) is 1.10. The van der Waals surface area contributed by atoms with E-state index in [-0.39, 0.29) is 11.7 Å². The normalized spacial score (nSPS) is 31.5. The molecule has 0 spiro atoms. The van der Waals surface area contributed by atoms with Crippen LogP contribution >= 0.6 is 0 Å². The lowest BCUT2D eigenvalue weighted by Crippen LogP contribution is -2.33. The van der Waals surface area contributed by atoms with E-state index in [9.17, 15) is 13.2 Å². The first-order chi connectivity index (χ1) is 7.57. The Labute approximate surface area is 96.9 Å².